The molecule has 0 nitrogen and oxygen atoms in total. The van der Waals surface area contributed by atoms with Gasteiger partial charge in [-0.15, -0.1) is 0 Å². The van der Waals surface area contributed by atoms with E-state index in [2.05, 4.69) is 13.8 Å². The summed E-state index contributed by atoms with van der Waals surface area (Å²) in [6.07, 6.45) is 5.07. The Hall–Kier alpha value is 0.922. The van der Waals surface area contributed by atoms with Crippen LogP contribution < -0.4 is 0 Å². The quantitative estimate of drug-likeness (QED) is 0.482. The molecule has 0 fully saturated rings. The van der Waals surface area contributed by atoms with Crippen LogP contribution in [0.1, 0.15) is 32.6 Å². The topological polar surface area (TPSA) is 0 Å². The Balaban J connectivity index is 0. The molecule has 0 aliphatic rings. The van der Waals surface area contributed by atoms with Crippen molar-refractivity contribution in [3.05, 3.63) is 6.92 Å². The summed E-state index contributed by atoms with van der Waals surface area (Å²) >= 11 is 0. The van der Waals surface area contributed by atoms with Crippen LogP contribution in [0.25, 0.3) is 0 Å². The van der Waals surface area contributed by atoms with Crippen LogP contribution in [-0.4, -0.2) is 0 Å². The Labute approximate surface area is 66.8 Å². The predicted molar refractivity (Wildman–Crippen MR) is 29.5 cm³/mol. The molecule has 0 aliphatic carbocycles. The van der Waals surface area contributed by atoms with Crippen LogP contribution in [0, 0.1) is 6.92 Å². The standard InChI is InChI=1S/C6H13.Cd/c1-3-5-6-4-2;/h1,3-6H2,2H3;. The molecule has 0 spiro atoms. The van der Waals surface area contributed by atoms with Gasteiger partial charge in [0.05, 0.1) is 0 Å². The molecule has 0 unspecified atom stereocenters. The first-order chi connectivity index (χ1) is 2.91. The number of rotatable bonds is 3. The second-order valence-electron chi connectivity index (χ2n) is 1.56. The molecule has 0 amide bonds. The van der Waals surface area contributed by atoms with Gasteiger partial charge in [-0.3, -0.25) is 0 Å². The first-order valence-electron chi connectivity index (χ1n) is 2.71. The molecule has 39 valence electrons. The van der Waals surface area contributed by atoms with Crippen LogP contribution in [0.5, 0.6) is 0 Å². The SMILES string of the molecule is [CH2]CCCCC.[Cd]. The molecule has 0 heterocycles. The minimum absolute atomic E-state index is 0. The predicted octanol–water partition coefficient (Wildman–Crippen LogP) is 2.40. The van der Waals surface area contributed by atoms with E-state index in [-0.39, 0.29) is 27.3 Å². The second kappa shape index (κ2) is 10.0. The zero-order valence-electron chi connectivity index (χ0n) is 5.24. The molecule has 1 radical (unpaired) electrons. The normalized spacial score (nSPS) is 7.71. The van der Waals surface area contributed by atoms with Crippen molar-refractivity contribution < 1.29 is 27.3 Å². The fourth-order valence-corrected chi connectivity index (χ4v) is 0.427. The maximum atomic E-state index is 3.72. The minimum atomic E-state index is 0. The molecule has 0 aromatic carbocycles. The van der Waals surface area contributed by atoms with Crippen LogP contribution in [-0.2, 0) is 27.3 Å². The van der Waals surface area contributed by atoms with E-state index in [4.69, 9.17) is 0 Å². The second-order valence-corrected chi connectivity index (χ2v) is 1.56. The summed E-state index contributed by atoms with van der Waals surface area (Å²) in [5, 5.41) is 0. The first kappa shape index (κ1) is 10.8. The van der Waals surface area contributed by atoms with Crippen molar-refractivity contribution in [2.45, 2.75) is 32.6 Å². The van der Waals surface area contributed by atoms with E-state index < -0.39 is 0 Å². The summed E-state index contributed by atoms with van der Waals surface area (Å²) in [6, 6.07) is 0. The number of hydrogen-bond donors (Lipinski definition) is 0. The average Bonchev–Trinajstić information content (AvgIpc) is 1.61. The Morgan fingerprint density at radius 3 is 2.00 bits per heavy atom. The Bertz CT molecular complexity index is 16.1. The van der Waals surface area contributed by atoms with Crippen LogP contribution in [0.4, 0.5) is 0 Å². The van der Waals surface area contributed by atoms with Crippen molar-refractivity contribution in [1.29, 1.82) is 0 Å². The zero-order valence-corrected chi connectivity index (χ0v) is 9.28. The smallest absolute Gasteiger partial charge is 0 e. The maximum Gasteiger partial charge on any atom is 0 e. The maximum absolute atomic E-state index is 3.72. The van der Waals surface area contributed by atoms with Crippen LogP contribution in [0.2, 0.25) is 0 Å². The molecule has 0 aliphatic heterocycles. The molecular weight excluding hydrogens is 184 g/mol. The molecule has 0 saturated heterocycles. The van der Waals surface area contributed by atoms with Gasteiger partial charge in [0, 0.05) is 27.3 Å². The monoisotopic (exact) mass is 199 g/mol. The molecule has 0 bridgehead atoms. The van der Waals surface area contributed by atoms with E-state index in [1.165, 1.54) is 19.3 Å². The van der Waals surface area contributed by atoms with Crippen molar-refractivity contribution >= 4 is 0 Å². The molecule has 0 aromatic heterocycles. The van der Waals surface area contributed by atoms with Gasteiger partial charge >= 0.3 is 0 Å². The number of unbranched alkanes of at least 4 members (excludes halogenated alkanes) is 3. The van der Waals surface area contributed by atoms with Gasteiger partial charge in [0.2, 0.25) is 0 Å². The van der Waals surface area contributed by atoms with Gasteiger partial charge in [-0.1, -0.05) is 39.5 Å². The average molecular weight is 198 g/mol. The van der Waals surface area contributed by atoms with Gasteiger partial charge in [0.25, 0.3) is 0 Å². The largest absolute Gasteiger partial charge is 0.0654 e. The van der Waals surface area contributed by atoms with Crippen molar-refractivity contribution in [2.75, 3.05) is 0 Å². The van der Waals surface area contributed by atoms with Crippen molar-refractivity contribution in [1.82, 2.24) is 0 Å². The number of hydrogen-bond acceptors (Lipinski definition) is 0. The van der Waals surface area contributed by atoms with Gasteiger partial charge in [-0.2, -0.15) is 0 Å². The third kappa shape index (κ3) is 10.9. The van der Waals surface area contributed by atoms with Gasteiger partial charge in [-0.05, 0) is 0 Å². The van der Waals surface area contributed by atoms with Crippen molar-refractivity contribution in [3.8, 4) is 0 Å². The fourth-order valence-electron chi connectivity index (χ4n) is 0.427. The molecule has 0 rings (SSSR count). The Kier molecular flexibility index (Phi) is 15.5. The van der Waals surface area contributed by atoms with E-state index in [1.54, 1.807) is 0 Å². The first-order valence-corrected chi connectivity index (χ1v) is 2.71. The summed E-state index contributed by atoms with van der Waals surface area (Å²) in [6.45, 7) is 5.93. The summed E-state index contributed by atoms with van der Waals surface area (Å²) in [7, 11) is 0. The van der Waals surface area contributed by atoms with Crippen LogP contribution in [0.3, 0.4) is 0 Å². The van der Waals surface area contributed by atoms with E-state index in [0.29, 0.717) is 0 Å². The van der Waals surface area contributed by atoms with Gasteiger partial charge in [0.15, 0.2) is 0 Å². The van der Waals surface area contributed by atoms with Crippen LogP contribution in [0.15, 0.2) is 0 Å². The minimum Gasteiger partial charge on any atom is -0.0654 e. The van der Waals surface area contributed by atoms with Crippen LogP contribution >= 0.6 is 0 Å². The zero-order chi connectivity index (χ0) is 4.83. The summed E-state index contributed by atoms with van der Waals surface area (Å²) in [5.74, 6) is 0. The van der Waals surface area contributed by atoms with E-state index >= 15 is 0 Å². The van der Waals surface area contributed by atoms with E-state index in [0.717, 1.165) is 6.42 Å². The Morgan fingerprint density at radius 2 is 1.86 bits per heavy atom. The molecule has 0 saturated carbocycles. The van der Waals surface area contributed by atoms with Gasteiger partial charge < -0.3 is 0 Å². The van der Waals surface area contributed by atoms with E-state index in [1.807, 2.05) is 0 Å². The van der Waals surface area contributed by atoms with Gasteiger partial charge in [0.1, 0.15) is 0 Å². The summed E-state index contributed by atoms with van der Waals surface area (Å²) in [5.41, 5.74) is 0. The molecule has 0 aromatic rings. The van der Waals surface area contributed by atoms with Gasteiger partial charge in [-0.25, -0.2) is 0 Å². The summed E-state index contributed by atoms with van der Waals surface area (Å²) in [4.78, 5) is 0. The molecule has 0 atom stereocenters. The van der Waals surface area contributed by atoms with Crippen molar-refractivity contribution in [3.63, 3.8) is 0 Å². The third-order valence-corrected chi connectivity index (χ3v) is 0.854. The Morgan fingerprint density at radius 1 is 1.29 bits per heavy atom. The van der Waals surface area contributed by atoms with E-state index in [9.17, 15) is 0 Å². The fraction of sp³-hybridized carbons (Fsp3) is 0.833. The third-order valence-electron chi connectivity index (χ3n) is 0.854. The molecule has 0 N–H and O–H groups in total. The molecule has 7 heavy (non-hydrogen) atoms. The molecular formula is C6H13Cd. The summed E-state index contributed by atoms with van der Waals surface area (Å²) < 4.78 is 0. The van der Waals surface area contributed by atoms with Crippen molar-refractivity contribution in [2.24, 2.45) is 0 Å². The molecule has 1 heteroatoms.